The van der Waals surface area contributed by atoms with Crippen molar-refractivity contribution in [2.75, 3.05) is 7.05 Å². The molecule has 0 bridgehead atoms. The molecule has 0 aliphatic rings. The molecule has 0 radical (unpaired) electrons. The standard InChI is InChI=1S/C13H14N2O3S2/c1-15(8-9-4-2-6-19-9)13(18)14-11(12(16)17)10-5-3-7-20-10/h2-7,11H,8H2,1H3,(H,14,18)(H,16,17). The van der Waals surface area contributed by atoms with Crippen LogP contribution in [0.25, 0.3) is 0 Å². The van der Waals surface area contributed by atoms with Gasteiger partial charge in [0.1, 0.15) is 0 Å². The Hall–Kier alpha value is -1.86. The highest BCUT2D eigenvalue weighted by molar-refractivity contribution is 7.10. The van der Waals surface area contributed by atoms with E-state index in [9.17, 15) is 14.7 Å². The minimum atomic E-state index is -1.06. The highest BCUT2D eigenvalue weighted by Gasteiger charge is 2.24. The number of hydrogen-bond donors (Lipinski definition) is 2. The second-order valence-corrected chi connectivity index (χ2v) is 6.18. The third kappa shape index (κ3) is 3.58. The molecule has 0 aromatic carbocycles. The first-order chi connectivity index (χ1) is 9.58. The van der Waals surface area contributed by atoms with Gasteiger partial charge < -0.3 is 15.3 Å². The lowest BCUT2D eigenvalue weighted by molar-refractivity contribution is -0.139. The first kappa shape index (κ1) is 14.5. The summed E-state index contributed by atoms with van der Waals surface area (Å²) in [4.78, 5) is 26.4. The van der Waals surface area contributed by atoms with Crippen LogP contribution in [-0.2, 0) is 11.3 Å². The van der Waals surface area contributed by atoms with Crippen molar-refractivity contribution in [3.8, 4) is 0 Å². The minimum absolute atomic E-state index is 0.404. The molecule has 106 valence electrons. The number of carbonyl (C=O) groups is 2. The van der Waals surface area contributed by atoms with Gasteiger partial charge in [-0.3, -0.25) is 0 Å². The number of hydrogen-bond acceptors (Lipinski definition) is 4. The summed E-state index contributed by atoms with van der Waals surface area (Å²) >= 11 is 2.86. The van der Waals surface area contributed by atoms with E-state index in [-0.39, 0.29) is 0 Å². The molecular weight excluding hydrogens is 296 g/mol. The zero-order valence-electron chi connectivity index (χ0n) is 10.8. The van der Waals surface area contributed by atoms with Crippen LogP contribution in [0.3, 0.4) is 0 Å². The molecule has 7 heteroatoms. The van der Waals surface area contributed by atoms with Gasteiger partial charge in [-0.15, -0.1) is 22.7 Å². The number of carboxylic acid groups (broad SMARTS) is 1. The van der Waals surface area contributed by atoms with Gasteiger partial charge in [0, 0.05) is 16.8 Å². The van der Waals surface area contributed by atoms with Gasteiger partial charge >= 0.3 is 12.0 Å². The van der Waals surface area contributed by atoms with Gasteiger partial charge in [-0.25, -0.2) is 9.59 Å². The third-order valence-electron chi connectivity index (χ3n) is 2.66. The molecule has 20 heavy (non-hydrogen) atoms. The van der Waals surface area contributed by atoms with E-state index in [4.69, 9.17) is 0 Å². The highest BCUT2D eigenvalue weighted by atomic mass is 32.1. The average molecular weight is 310 g/mol. The Bertz CT molecular complexity index is 566. The van der Waals surface area contributed by atoms with Crippen molar-refractivity contribution in [3.63, 3.8) is 0 Å². The van der Waals surface area contributed by atoms with E-state index in [1.54, 1.807) is 35.9 Å². The van der Waals surface area contributed by atoms with Crippen LogP contribution in [0, 0.1) is 0 Å². The molecule has 0 fully saturated rings. The lowest BCUT2D eigenvalue weighted by Gasteiger charge is -2.20. The summed E-state index contributed by atoms with van der Waals surface area (Å²) in [5, 5.41) is 15.5. The molecular formula is C13H14N2O3S2. The summed E-state index contributed by atoms with van der Waals surface area (Å²) in [6.07, 6.45) is 0. The van der Waals surface area contributed by atoms with Crippen LogP contribution in [0.5, 0.6) is 0 Å². The Morgan fingerprint density at radius 1 is 1.30 bits per heavy atom. The molecule has 0 saturated heterocycles. The van der Waals surface area contributed by atoms with Crippen molar-refractivity contribution in [3.05, 3.63) is 44.8 Å². The largest absolute Gasteiger partial charge is 0.479 e. The van der Waals surface area contributed by atoms with Crippen molar-refractivity contribution < 1.29 is 14.7 Å². The number of carbonyl (C=O) groups excluding carboxylic acids is 1. The summed E-state index contributed by atoms with van der Waals surface area (Å²) in [6, 6.07) is 5.90. The summed E-state index contributed by atoms with van der Waals surface area (Å²) in [5.74, 6) is -1.06. The Morgan fingerprint density at radius 3 is 2.55 bits per heavy atom. The zero-order valence-corrected chi connectivity index (χ0v) is 12.4. The topological polar surface area (TPSA) is 69.6 Å². The maximum Gasteiger partial charge on any atom is 0.331 e. The van der Waals surface area contributed by atoms with Gasteiger partial charge in [-0.2, -0.15) is 0 Å². The van der Waals surface area contributed by atoms with E-state index >= 15 is 0 Å². The average Bonchev–Trinajstić information content (AvgIpc) is 3.07. The molecule has 2 rings (SSSR count). The van der Waals surface area contributed by atoms with Gasteiger partial charge in [0.05, 0.1) is 6.54 Å². The van der Waals surface area contributed by atoms with Gasteiger partial charge in [0.15, 0.2) is 6.04 Å². The molecule has 2 heterocycles. The lowest BCUT2D eigenvalue weighted by atomic mass is 10.2. The van der Waals surface area contributed by atoms with Crippen molar-refractivity contribution >= 4 is 34.7 Å². The van der Waals surface area contributed by atoms with E-state index in [1.807, 2.05) is 17.5 Å². The van der Waals surface area contributed by atoms with E-state index in [2.05, 4.69) is 5.32 Å². The number of rotatable bonds is 5. The molecule has 5 nitrogen and oxygen atoms in total. The monoisotopic (exact) mass is 310 g/mol. The van der Waals surface area contributed by atoms with Crippen LogP contribution in [0.1, 0.15) is 15.8 Å². The van der Waals surface area contributed by atoms with Gasteiger partial charge in [0.25, 0.3) is 0 Å². The van der Waals surface area contributed by atoms with Crippen LogP contribution in [0.2, 0.25) is 0 Å². The number of nitrogens with zero attached hydrogens (tertiary/aromatic N) is 1. The smallest absolute Gasteiger partial charge is 0.331 e. The van der Waals surface area contributed by atoms with Gasteiger partial charge in [-0.1, -0.05) is 12.1 Å². The minimum Gasteiger partial charge on any atom is -0.479 e. The first-order valence-electron chi connectivity index (χ1n) is 5.88. The van der Waals surface area contributed by atoms with Crippen molar-refractivity contribution in [1.82, 2.24) is 10.2 Å². The zero-order chi connectivity index (χ0) is 14.5. The van der Waals surface area contributed by atoms with E-state index in [0.29, 0.717) is 11.4 Å². The highest BCUT2D eigenvalue weighted by Crippen LogP contribution is 2.19. The second-order valence-electron chi connectivity index (χ2n) is 4.17. The van der Waals surface area contributed by atoms with Gasteiger partial charge in [0.2, 0.25) is 0 Å². The third-order valence-corrected chi connectivity index (χ3v) is 4.46. The fraction of sp³-hybridized carbons (Fsp3) is 0.231. The van der Waals surface area contributed by atoms with Crippen LogP contribution < -0.4 is 5.32 Å². The van der Waals surface area contributed by atoms with E-state index in [1.165, 1.54) is 16.2 Å². The number of aliphatic carboxylic acids is 1. The Kier molecular flexibility index (Phi) is 4.75. The first-order valence-corrected chi connectivity index (χ1v) is 7.64. The summed E-state index contributed by atoms with van der Waals surface area (Å²) in [6.45, 7) is 0.459. The Morgan fingerprint density at radius 2 is 2.00 bits per heavy atom. The van der Waals surface area contributed by atoms with E-state index in [0.717, 1.165) is 4.88 Å². The number of urea groups is 1. The van der Waals surface area contributed by atoms with Gasteiger partial charge in [-0.05, 0) is 22.9 Å². The van der Waals surface area contributed by atoms with Crippen LogP contribution in [-0.4, -0.2) is 29.1 Å². The van der Waals surface area contributed by atoms with Crippen molar-refractivity contribution in [1.29, 1.82) is 0 Å². The second kappa shape index (κ2) is 6.53. The number of amides is 2. The maximum atomic E-state index is 12.0. The Labute approximate surface area is 124 Å². The van der Waals surface area contributed by atoms with Crippen molar-refractivity contribution in [2.24, 2.45) is 0 Å². The number of nitrogens with one attached hydrogen (secondary N) is 1. The lowest BCUT2D eigenvalue weighted by Crippen LogP contribution is -2.41. The fourth-order valence-corrected chi connectivity index (χ4v) is 3.18. The normalized spacial score (nSPS) is 11.8. The molecule has 2 aromatic heterocycles. The molecule has 2 aromatic rings. The molecule has 1 atom stereocenters. The Balaban J connectivity index is 1.99. The summed E-state index contributed by atoms with van der Waals surface area (Å²) in [5.41, 5.74) is 0. The number of carboxylic acids is 1. The molecule has 1 unspecified atom stereocenters. The van der Waals surface area contributed by atoms with Crippen LogP contribution in [0.15, 0.2) is 35.0 Å². The SMILES string of the molecule is CN(Cc1cccs1)C(=O)NC(C(=O)O)c1cccs1. The number of thiophene rings is 2. The predicted molar refractivity (Wildman–Crippen MR) is 79.0 cm³/mol. The fourth-order valence-electron chi connectivity index (χ4n) is 1.65. The molecule has 2 N–H and O–H groups in total. The molecule has 0 aliphatic heterocycles. The van der Waals surface area contributed by atoms with E-state index < -0.39 is 18.0 Å². The molecule has 2 amide bonds. The maximum absolute atomic E-state index is 12.0. The molecule has 0 spiro atoms. The summed E-state index contributed by atoms with van der Waals surface area (Å²) < 4.78 is 0. The van der Waals surface area contributed by atoms with Crippen LogP contribution >= 0.6 is 22.7 Å². The molecule has 0 saturated carbocycles. The van der Waals surface area contributed by atoms with Crippen molar-refractivity contribution in [2.45, 2.75) is 12.6 Å². The quantitative estimate of drug-likeness (QED) is 0.892. The van der Waals surface area contributed by atoms with Crippen LogP contribution in [0.4, 0.5) is 4.79 Å². The summed E-state index contributed by atoms with van der Waals surface area (Å²) in [7, 11) is 1.64. The molecule has 0 aliphatic carbocycles. The predicted octanol–water partition coefficient (Wildman–Crippen LogP) is 2.78.